The first-order valence-corrected chi connectivity index (χ1v) is 11.2. The maximum atomic E-state index is 12.9. The lowest BCUT2D eigenvalue weighted by molar-refractivity contribution is -0.384. The highest BCUT2D eigenvalue weighted by atomic mass is 32.1. The Hall–Kier alpha value is -4.56. The van der Waals surface area contributed by atoms with Gasteiger partial charge in [0, 0.05) is 21.9 Å². The lowest BCUT2D eigenvalue weighted by Crippen LogP contribution is -2.27. The molecule has 12 nitrogen and oxygen atoms in total. The van der Waals surface area contributed by atoms with Crippen LogP contribution in [0.5, 0.6) is 0 Å². The fourth-order valence-electron chi connectivity index (χ4n) is 2.68. The summed E-state index contributed by atoms with van der Waals surface area (Å²) in [4.78, 5) is 37.7. The van der Waals surface area contributed by atoms with Gasteiger partial charge in [-0.2, -0.15) is 10.2 Å². The number of hydrogen-bond acceptors (Lipinski definition) is 10. The summed E-state index contributed by atoms with van der Waals surface area (Å²) in [6.45, 7) is 0. The SMILES string of the molecule is O=C(NN=Cc1cccs1)c1nnn(-c2ccc([N+](=O)[O-])cc2)c1C(=O)NN=Cc1cccs1. The summed E-state index contributed by atoms with van der Waals surface area (Å²) in [7, 11) is 0. The molecule has 4 aromatic rings. The monoisotopic (exact) mass is 494 g/mol. The van der Waals surface area contributed by atoms with Gasteiger partial charge < -0.3 is 0 Å². The summed E-state index contributed by atoms with van der Waals surface area (Å²) in [5.74, 6) is -1.53. The number of carbonyl (C=O) groups excluding carboxylic acids is 2. The van der Waals surface area contributed by atoms with Gasteiger partial charge in [0.15, 0.2) is 11.4 Å². The summed E-state index contributed by atoms with van der Waals surface area (Å²) in [5, 5.41) is 30.2. The summed E-state index contributed by atoms with van der Waals surface area (Å²) in [6, 6.07) is 12.6. The fourth-order valence-corrected chi connectivity index (χ4v) is 3.85. The second-order valence-electron chi connectivity index (χ2n) is 6.40. The standard InChI is InChI=1S/C20H14N8O4S2/c29-19(24-21-11-15-3-1-9-33-15)17-18(20(30)25-22-12-16-4-2-10-34-16)27(26-23-17)13-5-7-14(8-6-13)28(31)32/h1-12H,(H,24,29)(H,25,30). The van der Waals surface area contributed by atoms with Crippen molar-refractivity contribution in [2.75, 3.05) is 0 Å². The first kappa shape index (κ1) is 22.6. The van der Waals surface area contributed by atoms with Crippen molar-refractivity contribution in [2.45, 2.75) is 0 Å². The van der Waals surface area contributed by atoms with E-state index in [1.807, 2.05) is 35.0 Å². The van der Waals surface area contributed by atoms with Crippen molar-refractivity contribution in [3.8, 4) is 5.69 Å². The number of benzene rings is 1. The Morgan fingerprint density at radius 2 is 1.53 bits per heavy atom. The zero-order chi connectivity index (χ0) is 23.9. The molecule has 0 spiro atoms. The molecule has 2 N–H and O–H groups in total. The maximum Gasteiger partial charge on any atom is 0.294 e. The fraction of sp³-hybridized carbons (Fsp3) is 0. The lowest BCUT2D eigenvalue weighted by atomic mass is 10.2. The van der Waals surface area contributed by atoms with Crippen LogP contribution in [0.4, 0.5) is 5.69 Å². The van der Waals surface area contributed by atoms with E-state index in [9.17, 15) is 19.7 Å². The third-order valence-corrected chi connectivity index (χ3v) is 5.82. The Labute approximate surface area is 199 Å². The number of thiophene rings is 2. The molecule has 0 saturated carbocycles. The average Bonchev–Trinajstić information content (AvgIpc) is 3.60. The van der Waals surface area contributed by atoms with Crippen LogP contribution in [0.15, 0.2) is 69.5 Å². The van der Waals surface area contributed by atoms with Crippen LogP contribution in [0.3, 0.4) is 0 Å². The number of nitrogens with zero attached hydrogens (tertiary/aromatic N) is 6. The minimum absolute atomic E-state index is 0.142. The molecule has 0 radical (unpaired) electrons. The molecule has 34 heavy (non-hydrogen) atoms. The smallest absolute Gasteiger partial charge is 0.265 e. The highest BCUT2D eigenvalue weighted by Gasteiger charge is 2.26. The third-order valence-electron chi connectivity index (χ3n) is 4.21. The predicted octanol–water partition coefficient (Wildman–Crippen LogP) is 2.83. The van der Waals surface area contributed by atoms with Crippen LogP contribution in [0.2, 0.25) is 0 Å². The van der Waals surface area contributed by atoms with Crippen molar-refractivity contribution >= 4 is 52.6 Å². The van der Waals surface area contributed by atoms with Gasteiger partial charge in [-0.15, -0.1) is 27.8 Å². The largest absolute Gasteiger partial charge is 0.294 e. The summed E-state index contributed by atoms with van der Waals surface area (Å²) in [6.07, 6.45) is 2.90. The average molecular weight is 495 g/mol. The van der Waals surface area contributed by atoms with Crippen molar-refractivity contribution in [3.63, 3.8) is 0 Å². The Morgan fingerprint density at radius 3 is 2.06 bits per heavy atom. The maximum absolute atomic E-state index is 12.9. The molecule has 170 valence electrons. The number of hydrazone groups is 2. The van der Waals surface area contributed by atoms with E-state index in [0.29, 0.717) is 0 Å². The van der Waals surface area contributed by atoms with E-state index in [1.54, 1.807) is 0 Å². The number of aromatic nitrogens is 3. The molecule has 3 aromatic heterocycles. The van der Waals surface area contributed by atoms with Crippen LogP contribution in [-0.4, -0.2) is 44.2 Å². The quantitative estimate of drug-likeness (QED) is 0.218. The van der Waals surface area contributed by atoms with Crippen LogP contribution in [-0.2, 0) is 0 Å². The van der Waals surface area contributed by atoms with Crippen LogP contribution in [0.25, 0.3) is 5.69 Å². The minimum atomic E-state index is -0.770. The molecule has 1 aromatic carbocycles. The van der Waals surface area contributed by atoms with E-state index < -0.39 is 16.7 Å². The number of non-ortho nitro benzene ring substituents is 1. The number of nitrogens with one attached hydrogen (secondary N) is 2. The van der Waals surface area contributed by atoms with Crippen LogP contribution >= 0.6 is 22.7 Å². The van der Waals surface area contributed by atoms with Crippen molar-refractivity contribution in [3.05, 3.63) is 90.5 Å². The van der Waals surface area contributed by atoms with Gasteiger partial charge in [-0.1, -0.05) is 17.3 Å². The minimum Gasteiger partial charge on any atom is -0.265 e. The molecule has 0 aliphatic heterocycles. The Bertz CT molecular complexity index is 1360. The Morgan fingerprint density at radius 1 is 0.941 bits per heavy atom. The normalized spacial score (nSPS) is 11.2. The number of hydrogen-bond donors (Lipinski definition) is 2. The predicted molar refractivity (Wildman–Crippen MR) is 127 cm³/mol. The van der Waals surface area contributed by atoms with Gasteiger partial charge in [-0.25, -0.2) is 15.5 Å². The third kappa shape index (κ3) is 5.25. The zero-order valence-electron chi connectivity index (χ0n) is 17.1. The molecule has 0 fully saturated rings. The van der Waals surface area contributed by atoms with Gasteiger partial charge >= 0.3 is 0 Å². The van der Waals surface area contributed by atoms with Crippen molar-refractivity contribution in [2.24, 2.45) is 10.2 Å². The second kappa shape index (κ2) is 10.4. The molecule has 2 amide bonds. The molecule has 4 rings (SSSR count). The van der Waals surface area contributed by atoms with Gasteiger partial charge in [-0.05, 0) is 35.0 Å². The lowest BCUT2D eigenvalue weighted by Gasteiger charge is -2.06. The Balaban J connectivity index is 1.62. The van der Waals surface area contributed by atoms with Gasteiger partial charge in [0.1, 0.15) is 0 Å². The van der Waals surface area contributed by atoms with E-state index >= 15 is 0 Å². The van der Waals surface area contributed by atoms with Gasteiger partial charge in [-0.3, -0.25) is 19.7 Å². The van der Waals surface area contributed by atoms with E-state index in [-0.39, 0.29) is 22.8 Å². The number of rotatable bonds is 8. The topological polar surface area (TPSA) is 157 Å². The molecular weight excluding hydrogens is 480 g/mol. The molecular formula is C20H14N8O4S2. The molecule has 0 atom stereocenters. The van der Waals surface area contributed by atoms with E-state index in [0.717, 1.165) is 14.4 Å². The Kier molecular flexibility index (Phi) is 6.90. The molecule has 0 unspecified atom stereocenters. The first-order valence-electron chi connectivity index (χ1n) is 9.47. The van der Waals surface area contributed by atoms with Gasteiger partial charge in [0.05, 0.1) is 23.0 Å². The van der Waals surface area contributed by atoms with Crippen molar-refractivity contribution in [1.29, 1.82) is 0 Å². The number of nitro groups is 1. The molecule has 14 heteroatoms. The van der Waals surface area contributed by atoms with E-state index in [2.05, 4.69) is 31.4 Å². The van der Waals surface area contributed by atoms with E-state index in [4.69, 9.17) is 0 Å². The van der Waals surface area contributed by atoms with Crippen molar-refractivity contribution in [1.82, 2.24) is 25.8 Å². The molecule has 3 heterocycles. The van der Waals surface area contributed by atoms with Gasteiger partial charge in [0.2, 0.25) is 0 Å². The summed E-state index contributed by atoms with van der Waals surface area (Å²) >= 11 is 2.86. The highest BCUT2D eigenvalue weighted by molar-refractivity contribution is 7.12. The molecule has 0 bridgehead atoms. The molecule has 0 saturated heterocycles. The molecule has 0 aliphatic rings. The first-order chi connectivity index (χ1) is 16.5. The van der Waals surface area contributed by atoms with Crippen LogP contribution < -0.4 is 10.9 Å². The van der Waals surface area contributed by atoms with Crippen LogP contribution in [0.1, 0.15) is 30.7 Å². The summed E-state index contributed by atoms with van der Waals surface area (Å²) < 4.78 is 1.09. The highest BCUT2D eigenvalue weighted by Crippen LogP contribution is 2.18. The number of nitro benzene ring substituents is 1. The second-order valence-corrected chi connectivity index (χ2v) is 8.36. The number of amides is 2. The summed E-state index contributed by atoms with van der Waals surface area (Å²) in [5.41, 5.74) is 4.28. The molecule has 0 aliphatic carbocycles. The zero-order valence-corrected chi connectivity index (χ0v) is 18.7. The van der Waals surface area contributed by atoms with Crippen molar-refractivity contribution < 1.29 is 14.5 Å². The van der Waals surface area contributed by atoms with Gasteiger partial charge in [0.25, 0.3) is 17.5 Å². The van der Waals surface area contributed by atoms with E-state index in [1.165, 1.54) is 59.4 Å². The number of carbonyl (C=O) groups is 2. The van der Waals surface area contributed by atoms with Crippen LogP contribution in [0, 0.1) is 10.1 Å².